The zero-order valence-corrected chi connectivity index (χ0v) is 12.9. The lowest BCUT2D eigenvalue weighted by molar-refractivity contribution is 0.361. The van der Waals surface area contributed by atoms with E-state index in [1.807, 2.05) is 0 Å². The van der Waals surface area contributed by atoms with Crippen LogP contribution in [-0.4, -0.2) is 12.1 Å². The third kappa shape index (κ3) is 3.44. The van der Waals surface area contributed by atoms with E-state index in [4.69, 9.17) is 0 Å². The van der Waals surface area contributed by atoms with E-state index in [0.29, 0.717) is 6.04 Å². The van der Waals surface area contributed by atoms with Gasteiger partial charge in [0.25, 0.3) is 0 Å². The van der Waals surface area contributed by atoms with Crippen molar-refractivity contribution < 1.29 is 0 Å². The van der Waals surface area contributed by atoms with Crippen LogP contribution in [0, 0.1) is 5.92 Å². The molecule has 0 heterocycles. The summed E-state index contributed by atoms with van der Waals surface area (Å²) in [5.41, 5.74) is 3.16. The van der Waals surface area contributed by atoms with Crippen LogP contribution in [0.5, 0.6) is 0 Å². The van der Waals surface area contributed by atoms with Crippen LogP contribution in [0.15, 0.2) is 24.3 Å². The normalized spacial score (nSPS) is 30.6. The molecule has 1 aromatic rings. The van der Waals surface area contributed by atoms with Crippen LogP contribution < -0.4 is 5.32 Å². The van der Waals surface area contributed by atoms with Crippen molar-refractivity contribution in [3.63, 3.8) is 0 Å². The molecule has 3 atom stereocenters. The minimum absolute atomic E-state index is 0.716. The summed E-state index contributed by atoms with van der Waals surface area (Å²) in [6.45, 7) is 2.36. The van der Waals surface area contributed by atoms with Crippen LogP contribution in [0.1, 0.15) is 63.0 Å². The highest BCUT2D eigenvalue weighted by Gasteiger charge is 2.23. The lowest BCUT2D eigenvalue weighted by Gasteiger charge is -2.29. The fourth-order valence-corrected chi connectivity index (χ4v) is 4.13. The second kappa shape index (κ2) is 6.76. The van der Waals surface area contributed by atoms with Gasteiger partial charge in [-0.2, -0.15) is 0 Å². The molecular formula is C19H29N. The molecule has 2 aliphatic rings. The van der Waals surface area contributed by atoms with E-state index in [2.05, 4.69) is 36.5 Å². The molecule has 1 heteroatoms. The molecule has 0 aliphatic heterocycles. The largest absolute Gasteiger partial charge is 0.311 e. The molecule has 3 rings (SSSR count). The smallest absolute Gasteiger partial charge is 0.0113 e. The molecule has 1 fully saturated rings. The number of hydrogen-bond acceptors (Lipinski definition) is 1. The van der Waals surface area contributed by atoms with Crippen LogP contribution in [0.25, 0.3) is 0 Å². The summed E-state index contributed by atoms with van der Waals surface area (Å²) < 4.78 is 0. The summed E-state index contributed by atoms with van der Waals surface area (Å²) in [5, 5.41) is 3.98. The molecule has 3 unspecified atom stereocenters. The predicted octanol–water partition coefficient (Wildman–Crippen LogP) is 4.49. The minimum Gasteiger partial charge on any atom is -0.311 e. The highest BCUT2D eigenvalue weighted by Crippen LogP contribution is 2.27. The number of rotatable bonds is 3. The Morgan fingerprint density at radius 1 is 0.950 bits per heavy atom. The van der Waals surface area contributed by atoms with E-state index in [9.17, 15) is 0 Å². The van der Waals surface area contributed by atoms with E-state index in [-0.39, 0.29) is 0 Å². The summed E-state index contributed by atoms with van der Waals surface area (Å²) >= 11 is 0. The quantitative estimate of drug-likeness (QED) is 0.799. The molecule has 0 saturated heterocycles. The summed E-state index contributed by atoms with van der Waals surface area (Å²) in [7, 11) is 0. The van der Waals surface area contributed by atoms with Gasteiger partial charge in [0.1, 0.15) is 0 Å². The predicted molar refractivity (Wildman–Crippen MR) is 86.0 cm³/mol. The maximum absolute atomic E-state index is 3.98. The van der Waals surface area contributed by atoms with Crippen LogP contribution >= 0.6 is 0 Å². The standard InChI is InChI=1S/C19H29N/c1-2-15-6-5-9-18(12-10-15)20-19-13-11-16-7-3-4-8-17(16)14-19/h3-4,7-8,15,18-20H,2,5-6,9-14H2,1H3. The van der Waals surface area contributed by atoms with E-state index in [1.54, 1.807) is 11.1 Å². The number of nitrogens with one attached hydrogen (secondary N) is 1. The molecule has 0 radical (unpaired) electrons. The highest BCUT2D eigenvalue weighted by atomic mass is 14.9. The second-order valence-electron chi connectivity index (χ2n) is 6.85. The first kappa shape index (κ1) is 14.1. The molecule has 110 valence electrons. The van der Waals surface area contributed by atoms with Gasteiger partial charge in [-0.05, 0) is 55.6 Å². The van der Waals surface area contributed by atoms with Crippen LogP contribution in [0.3, 0.4) is 0 Å². The van der Waals surface area contributed by atoms with Gasteiger partial charge >= 0.3 is 0 Å². The topological polar surface area (TPSA) is 12.0 Å². The Morgan fingerprint density at radius 2 is 1.80 bits per heavy atom. The first-order valence-corrected chi connectivity index (χ1v) is 8.68. The van der Waals surface area contributed by atoms with Gasteiger partial charge in [-0.25, -0.2) is 0 Å². The Balaban J connectivity index is 1.54. The van der Waals surface area contributed by atoms with Gasteiger partial charge in [0.2, 0.25) is 0 Å². The van der Waals surface area contributed by atoms with Crippen LogP contribution in [0.4, 0.5) is 0 Å². The van der Waals surface area contributed by atoms with Gasteiger partial charge in [-0.15, -0.1) is 0 Å². The first-order valence-electron chi connectivity index (χ1n) is 8.68. The second-order valence-corrected chi connectivity index (χ2v) is 6.85. The van der Waals surface area contributed by atoms with Crippen molar-refractivity contribution >= 4 is 0 Å². The Bertz CT molecular complexity index is 426. The summed E-state index contributed by atoms with van der Waals surface area (Å²) in [6.07, 6.45) is 12.3. The van der Waals surface area contributed by atoms with Crippen molar-refractivity contribution in [3.8, 4) is 0 Å². The molecule has 1 saturated carbocycles. The minimum atomic E-state index is 0.716. The van der Waals surface area contributed by atoms with Gasteiger partial charge < -0.3 is 5.32 Å². The fourth-order valence-electron chi connectivity index (χ4n) is 4.13. The van der Waals surface area contributed by atoms with Crippen molar-refractivity contribution in [2.75, 3.05) is 0 Å². The molecule has 2 aliphatic carbocycles. The Hall–Kier alpha value is -0.820. The number of fused-ring (bicyclic) bond motifs is 1. The third-order valence-electron chi connectivity index (χ3n) is 5.48. The Morgan fingerprint density at radius 3 is 2.65 bits per heavy atom. The van der Waals surface area contributed by atoms with Crippen molar-refractivity contribution in [2.45, 2.75) is 76.8 Å². The molecule has 1 aromatic carbocycles. The van der Waals surface area contributed by atoms with Gasteiger partial charge in [0.15, 0.2) is 0 Å². The summed E-state index contributed by atoms with van der Waals surface area (Å²) in [4.78, 5) is 0. The van der Waals surface area contributed by atoms with Gasteiger partial charge in [0.05, 0.1) is 0 Å². The van der Waals surface area contributed by atoms with E-state index in [0.717, 1.165) is 12.0 Å². The van der Waals surface area contributed by atoms with Crippen molar-refractivity contribution in [3.05, 3.63) is 35.4 Å². The SMILES string of the molecule is CCC1CCCC(NC2CCc3ccccc3C2)CC1. The van der Waals surface area contributed by atoms with Crippen LogP contribution in [-0.2, 0) is 12.8 Å². The van der Waals surface area contributed by atoms with Gasteiger partial charge in [0, 0.05) is 12.1 Å². The van der Waals surface area contributed by atoms with Gasteiger partial charge in [-0.1, -0.05) is 50.5 Å². The average molecular weight is 271 g/mol. The lowest BCUT2D eigenvalue weighted by Crippen LogP contribution is -2.41. The molecule has 0 bridgehead atoms. The molecular weight excluding hydrogens is 242 g/mol. The van der Waals surface area contributed by atoms with E-state index in [1.165, 1.54) is 57.8 Å². The molecule has 0 spiro atoms. The summed E-state index contributed by atoms with van der Waals surface area (Å²) in [5.74, 6) is 0.994. The average Bonchev–Trinajstić information content (AvgIpc) is 2.72. The van der Waals surface area contributed by atoms with Gasteiger partial charge in [-0.3, -0.25) is 0 Å². The Kier molecular flexibility index (Phi) is 4.77. The van der Waals surface area contributed by atoms with Crippen molar-refractivity contribution in [1.29, 1.82) is 0 Å². The molecule has 0 aromatic heterocycles. The highest BCUT2D eigenvalue weighted by molar-refractivity contribution is 5.30. The maximum atomic E-state index is 3.98. The fraction of sp³-hybridized carbons (Fsp3) is 0.684. The maximum Gasteiger partial charge on any atom is 0.0113 e. The number of hydrogen-bond donors (Lipinski definition) is 1. The molecule has 0 amide bonds. The zero-order valence-electron chi connectivity index (χ0n) is 12.9. The van der Waals surface area contributed by atoms with E-state index >= 15 is 0 Å². The lowest BCUT2D eigenvalue weighted by atomic mass is 9.87. The molecule has 20 heavy (non-hydrogen) atoms. The molecule has 1 nitrogen and oxygen atoms in total. The Labute approximate surface area is 124 Å². The monoisotopic (exact) mass is 271 g/mol. The number of aryl methyl sites for hydroxylation is 1. The number of benzene rings is 1. The zero-order chi connectivity index (χ0) is 13.8. The van der Waals surface area contributed by atoms with Crippen LogP contribution in [0.2, 0.25) is 0 Å². The van der Waals surface area contributed by atoms with Crippen molar-refractivity contribution in [2.24, 2.45) is 5.92 Å². The molecule has 1 N–H and O–H groups in total. The third-order valence-corrected chi connectivity index (χ3v) is 5.48. The van der Waals surface area contributed by atoms with Crippen molar-refractivity contribution in [1.82, 2.24) is 5.32 Å². The first-order chi connectivity index (χ1) is 9.85. The van der Waals surface area contributed by atoms with E-state index < -0.39 is 0 Å². The summed E-state index contributed by atoms with van der Waals surface area (Å²) in [6, 6.07) is 10.5.